The molecule has 0 aromatic heterocycles. The lowest BCUT2D eigenvalue weighted by atomic mass is 9.68. The molecule has 0 radical (unpaired) electrons. The van der Waals surface area contributed by atoms with Crippen LogP contribution in [0.5, 0.6) is 5.75 Å². The number of Topliss-reactive ketones (excluding diaryl/α,β-unsaturated/α-hetero) is 1. The van der Waals surface area contributed by atoms with Crippen molar-refractivity contribution in [3.8, 4) is 11.8 Å². The number of benzene rings is 2. The minimum Gasteiger partial charge on any atom is -0.497 e. The molecule has 192 valence electrons. The first-order valence-corrected chi connectivity index (χ1v) is 13.5. The van der Waals surface area contributed by atoms with E-state index in [2.05, 4.69) is 39.1 Å². The first kappa shape index (κ1) is 26.7. The average molecular weight is 516 g/mol. The average Bonchev–Trinajstić information content (AvgIpc) is 2.86. The lowest BCUT2D eigenvalue weighted by Gasteiger charge is -2.38. The maximum Gasteiger partial charge on any atom is 0.234 e. The standard InChI is InChI=1S/C30H33N3O3S/c1-18(2)19-6-10-21(11-7-19)32-26(35)17-37-29-23(16-31)27(20-8-12-22(36-5)13-9-20)28-24(33-29)14-30(3,4)15-25(28)34/h6-13,18,23,27H,14-15,17H2,1-5H3,(H,32,35)/t23?,27-/m0/s1. The molecule has 0 fully saturated rings. The number of carbonyl (C=O) groups excluding carboxylic acids is 2. The van der Waals surface area contributed by atoms with Crippen LogP contribution in [-0.2, 0) is 9.59 Å². The molecule has 1 amide bonds. The Morgan fingerprint density at radius 3 is 2.43 bits per heavy atom. The van der Waals surface area contributed by atoms with Crippen LogP contribution in [0.3, 0.4) is 0 Å². The number of nitriles is 1. The lowest BCUT2D eigenvalue weighted by Crippen LogP contribution is -2.35. The number of carbonyl (C=O) groups is 2. The molecule has 1 heterocycles. The molecular weight excluding hydrogens is 482 g/mol. The molecule has 0 spiro atoms. The van der Waals surface area contributed by atoms with E-state index in [1.54, 1.807) is 7.11 Å². The van der Waals surface area contributed by atoms with Crippen LogP contribution in [0.4, 0.5) is 5.69 Å². The zero-order chi connectivity index (χ0) is 26.7. The number of nitrogens with one attached hydrogen (secondary N) is 1. The van der Waals surface area contributed by atoms with Crippen molar-refractivity contribution >= 4 is 34.2 Å². The van der Waals surface area contributed by atoms with Gasteiger partial charge in [0.2, 0.25) is 5.91 Å². The zero-order valence-corrected chi connectivity index (χ0v) is 22.8. The Balaban J connectivity index is 1.60. The summed E-state index contributed by atoms with van der Waals surface area (Å²) in [5.74, 6) is 0.0478. The van der Waals surface area contributed by atoms with Gasteiger partial charge in [-0.25, -0.2) is 4.99 Å². The number of hydrogen-bond donors (Lipinski definition) is 1. The number of anilines is 1. The highest BCUT2D eigenvalue weighted by Crippen LogP contribution is 2.48. The summed E-state index contributed by atoms with van der Waals surface area (Å²) in [5, 5.41) is 13.8. The van der Waals surface area contributed by atoms with Gasteiger partial charge in [-0.15, -0.1) is 0 Å². The van der Waals surface area contributed by atoms with Gasteiger partial charge in [0, 0.05) is 29.3 Å². The van der Waals surface area contributed by atoms with Gasteiger partial charge in [-0.05, 0) is 53.1 Å². The highest BCUT2D eigenvalue weighted by atomic mass is 32.2. The van der Waals surface area contributed by atoms with E-state index in [0.29, 0.717) is 35.1 Å². The van der Waals surface area contributed by atoms with Crippen LogP contribution in [0, 0.1) is 22.7 Å². The Morgan fingerprint density at radius 2 is 1.84 bits per heavy atom. The number of rotatable bonds is 6. The number of hydrogen-bond acceptors (Lipinski definition) is 6. The van der Waals surface area contributed by atoms with Crippen LogP contribution in [0.25, 0.3) is 0 Å². The van der Waals surface area contributed by atoms with Gasteiger partial charge >= 0.3 is 0 Å². The summed E-state index contributed by atoms with van der Waals surface area (Å²) in [7, 11) is 1.60. The summed E-state index contributed by atoms with van der Waals surface area (Å²) in [6.45, 7) is 8.38. The van der Waals surface area contributed by atoms with E-state index in [0.717, 1.165) is 16.9 Å². The lowest BCUT2D eigenvalue weighted by molar-refractivity contribution is -0.118. The van der Waals surface area contributed by atoms with E-state index in [1.165, 1.54) is 17.3 Å². The molecule has 1 N–H and O–H groups in total. The molecule has 0 saturated heterocycles. The van der Waals surface area contributed by atoms with Crippen LogP contribution in [-0.4, -0.2) is 29.6 Å². The van der Waals surface area contributed by atoms with Gasteiger partial charge in [-0.3, -0.25) is 9.59 Å². The Kier molecular flexibility index (Phi) is 7.89. The minimum atomic E-state index is -0.652. The monoisotopic (exact) mass is 515 g/mol. The van der Waals surface area contributed by atoms with E-state index < -0.39 is 11.8 Å². The molecule has 7 heteroatoms. The summed E-state index contributed by atoms with van der Waals surface area (Å²) in [6.07, 6.45) is 1.07. The van der Waals surface area contributed by atoms with Crippen LogP contribution in [0.15, 0.2) is 64.8 Å². The van der Waals surface area contributed by atoms with E-state index in [4.69, 9.17) is 9.73 Å². The maximum atomic E-state index is 13.3. The van der Waals surface area contributed by atoms with Crippen molar-refractivity contribution in [1.29, 1.82) is 5.26 Å². The predicted molar refractivity (Wildman–Crippen MR) is 149 cm³/mol. The Morgan fingerprint density at radius 1 is 1.16 bits per heavy atom. The number of ether oxygens (including phenoxy) is 1. The summed E-state index contributed by atoms with van der Waals surface area (Å²) < 4.78 is 5.30. The second-order valence-electron chi connectivity index (χ2n) is 10.7. The third-order valence-electron chi connectivity index (χ3n) is 6.88. The van der Waals surface area contributed by atoms with Crippen LogP contribution in [0.1, 0.15) is 63.5 Å². The van der Waals surface area contributed by atoms with Crippen molar-refractivity contribution in [3.05, 3.63) is 70.9 Å². The number of allylic oxidation sites excluding steroid dienone is 2. The molecule has 37 heavy (non-hydrogen) atoms. The fraction of sp³-hybridized carbons (Fsp3) is 0.400. The van der Waals surface area contributed by atoms with Crippen molar-refractivity contribution in [2.24, 2.45) is 16.3 Å². The fourth-order valence-corrected chi connectivity index (χ4v) is 5.87. The van der Waals surface area contributed by atoms with Crippen LogP contribution < -0.4 is 10.1 Å². The van der Waals surface area contributed by atoms with E-state index in [1.807, 2.05) is 48.5 Å². The third kappa shape index (κ3) is 5.97. The Hall–Kier alpha value is -3.37. The molecule has 1 unspecified atom stereocenters. The van der Waals surface area contributed by atoms with Gasteiger partial charge in [0.1, 0.15) is 11.7 Å². The van der Waals surface area contributed by atoms with Crippen molar-refractivity contribution in [2.75, 3.05) is 18.2 Å². The normalized spacial score (nSPS) is 20.7. The first-order chi connectivity index (χ1) is 17.6. The topological polar surface area (TPSA) is 91.5 Å². The SMILES string of the molecule is COc1ccc([C@@H]2C3=C(CC(C)(C)CC3=O)N=C(SCC(=O)Nc3ccc(C(C)C)cc3)C2C#N)cc1. The van der Waals surface area contributed by atoms with E-state index in [9.17, 15) is 14.9 Å². The Bertz CT molecular complexity index is 1280. The second kappa shape index (κ2) is 10.9. The molecule has 2 atom stereocenters. The van der Waals surface area contributed by atoms with Gasteiger partial charge in [-0.2, -0.15) is 5.26 Å². The smallest absolute Gasteiger partial charge is 0.234 e. The zero-order valence-electron chi connectivity index (χ0n) is 22.0. The predicted octanol–water partition coefficient (Wildman–Crippen LogP) is 6.47. The number of amides is 1. The van der Waals surface area contributed by atoms with Crippen molar-refractivity contribution in [3.63, 3.8) is 0 Å². The molecule has 1 aliphatic heterocycles. The highest BCUT2D eigenvalue weighted by Gasteiger charge is 2.44. The molecule has 1 aliphatic carbocycles. The summed E-state index contributed by atoms with van der Waals surface area (Å²) in [5.41, 5.74) is 3.97. The molecular formula is C30H33N3O3S. The molecule has 2 aliphatic rings. The fourth-order valence-electron chi connectivity index (χ4n) is 4.98. The number of thioether (sulfide) groups is 1. The Labute approximate surface area is 223 Å². The number of nitrogens with zero attached hydrogens (tertiary/aromatic N) is 2. The second-order valence-corrected chi connectivity index (χ2v) is 11.7. The highest BCUT2D eigenvalue weighted by molar-refractivity contribution is 8.14. The van der Waals surface area contributed by atoms with Crippen LogP contribution >= 0.6 is 11.8 Å². The van der Waals surface area contributed by atoms with E-state index in [-0.39, 0.29) is 22.9 Å². The molecule has 0 saturated carbocycles. The molecule has 0 bridgehead atoms. The number of aliphatic imine (C=N–C) groups is 1. The van der Waals surface area contributed by atoms with Gasteiger partial charge < -0.3 is 10.1 Å². The summed E-state index contributed by atoms with van der Waals surface area (Å²) in [6, 6.07) is 17.7. The largest absolute Gasteiger partial charge is 0.497 e. The number of ketones is 1. The van der Waals surface area contributed by atoms with Gasteiger partial charge in [0.15, 0.2) is 5.78 Å². The number of methoxy groups -OCH3 is 1. The van der Waals surface area contributed by atoms with Gasteiger partial charge in [0.05, 0.1) is 24.0 Å². The molecule has 6 nitrogen and oxygen atoms in total. The van der Waals surface area contributed by atoms with Crippen molar-refractivity contribution in [1.82, 2.24) is 0 Å². The van der Waals surface area contributed by atoms with Gasteiger partial charge in [0.25, 0.3) is 0 Å². The molecule has 2 aromatic carbocycles. The third-order valence-corrected chi connectivity index (χ3v) is 7.93. The summed E-state index contributed by atoms with van der Waals surface area (Å²) in [4.78, 5) is 30.9. The van der Waals surface area contributed by atoms with Crippen LogP contribution in [0.2, 0.25) is 0 Å². The molecule has 2 aromatic rings. The minimum absolute atomic E-state index is 0.0442. The van der Waals surface area contributed by atoms with Crippen molar-refractivity contribution < 1.29 is 14.3 Å². The van der Waals surface area contributed by atoms with Crippen molar-refractivity contribution in [2.45, 2.75) is 52.4 Å². The van der Waals surface area contributed by atoms with Gasteiger partial charge in [-0.1, -0.05) is 63.7 Å². The summed E-state index contributed by atoms with van der Waals surface area (Å²) >= 11 is 1.27. The first-order valence-electron chi connectivity index (χ1n) is 12.5. The maximum absolute atomic E-state index is 13.3. The molecule has 4 rings (SSSR count). The quantitative estimate of drug-likeness (QED) is 0.476. The van der Waals surface area contributed by atoms with E-state index >= 15 is 0 Å².